The van der Waals surface area contributed by atoms with Crippen molar-refractivity contribution in [2.75, 3.05) is 44.6 Å². The van der Waals surface area contributed by atoms with E-state index in [0.29, 0.717) is 31.9 Å². The largest absolute Gasteiger partial charge is 0.461 e. The zero-order chi connectivity index (χ0) is 20.1. The Morgan fingerprint density at radius 2 is 1.61 bits per heavy atom. The first-order valence-corrected chi connectivity index (χ1v) is 8.80. The van der Waals surface area contributed by atoms with Gasteiger partial charge in [-0.3, -0.25) is 19.4 Å². The van der Waals surface area contributed by atoms with Crippen LogP contribution in [0.25, 0.3) is 0 Å². The van der Waals surface area contributed by atoms with Crippen molar-refractivity contribution in [1.82, 2.24) is 9.80 Å². The van der Waals surface area contributed by atoms with Crippen LogP contribution in [0.2, 0.25) is 0 Å². The maximum Gasteiger partial charge on any atom is 0.418 e. The van der Waals surface area contributed by atoms with Crippen LogP contribution in [0.3, 0.4) is 0 Å². The van der Waals surface area contributed by atoms with Crippen molar-refractivity contribution in [2.45, 2.75) is 6.18 Å². The van der Waals surface area contributed by atoms with Crippen molar-refractivity contribution in [2.24, 2.45) is 0 Å². The molecule has 28 heavy (non-hydrogen) atoms. The fraction of sp³-hybridized carbons (Fsp3) is 0.368. The lowest BCUT2D eigenvalue weighted by atomic mass is 10.1. The van der Waals surface area contributed by atoms with Crippen LogP contribution in [-0.4, -0.2) is 60.8 Å². The zero-order valence-corrected chi connectivity index (χ0v) is 15.0. The molecule has 0 bridgehead atoms. The third kappa shape index (κ3) is 5.20. The van der Waals surface area contributed by atoms with E-state index in [2.05, 4.69) is 5.32 Å². The number of benzene rings is 1. The molecule has 0 spiro atoms. The molecule has 1 amide bonds. The summed E-state index contributed by atoms with van der Waals surface area (Å²) in [4.78, 5) is 28.0. The van der Waals surface area contributed by atoms with E-state index >= 15 is 0 Å². The third-order valence-electron chi connectivity index (χ3n) is 4.50. The molecule has 1 aliphatic heterocycles. The summed E-state index contributed by atoms with van der Waals surface area (Å²) >= 11 is 0. The standard InChI is InChI=1S/C19H20F3N3O3/c20-19(21,22)14-4-1-2-5-15(14)23-18(27)13-25-9-7-24(8-10-25)12-16(26)17-6-3-11-28-17/h1-6,11H,7-10,12-13H2,(H,23,27). The van der Waals surface area contributed by atoms with Gasteiger partial charge in [0, 0.05) is 26.2 Å². The minimum atomic E-state index is -4.53. The molecule has 0 unspecified atom stereocenters. The summed E-state index contributed by atoms with van der Waals surface area (Å²) in [6, 6.07) is 8.16. The van der Waals surface area contributed by atoms with Crippen LogP contribution in [0.1, 0.15) is 16.1 Å². The number of furan rings is 1. The van der Waals surface area contributed by atoms with Crippen LogP contribution >= 0.6 is 0 Å². The predicted octanol–water partition coefficient (Wildman–Crippen LogP) is 2.74. The topological polar surface area (TPSA) is 65.8 Å². The molecule has 1 fully saturated rings. The van der Waals surface area contributed by atoms with Crippen LogP contribution in [0.4, 0.5) is 18.9 Å². The Hall–Kier alpha value is -2.65. The molecular weight excluding hydrogens is 375 g/mol. The minimum Gasteiger partial charge on any atom is -0.461 e. The number of piperazine rings is 1. The maximum atomic E-state index is 13.0. The molecule has 2 heterocycles. The quantitative estimate of drug-likeness (QED) is 0.762. The van der Waals surface area contributed by atoms with Crippen molar-refractivity contribution < 1.29 is 27.2 Å². The van der Waals surface area contributed by atoms with E-state index in [-0.39, 0.29) is 24.6 Å². The number of ketones is 1. The second kappa shape index (κ2) is 8.57. The van der Waals surface area contributed by atoms with Crippen LogP contribution < -0.4 is 5.32 Å². The van der Waals surface area contributed by atoms with E-state index in [1.165, 1.54) is 24.5 Å². The number of halogens is 3. The molecule has 9 heteroatoms. The number of hydrogen-bond donors (Lipinski definition) is 1. The number of rotatable bonds is 6. The lowest BCUT2D eigenvalue weighted by Gasteiger charge is -2.33. The number of nitrogens with zero attached hydrogens (tertiary/aromatic N) is 2. The molecule has 0 radical (unpaired) electrons. The lowest BCUT2D eigenvalue weighted by Crippen LogP contribution is -2.49. The number of Topliss-reactive ketones (excluding diaryl/α,β-unsaturated/α-hetero) is 1. The highest BCUT2D eigenvalue weighted by molar-refractivity contribution is 5.95. The van der Waals surface area contributed by atoms with E-state index in [4.69, 9.17) is 4.42 Å². The van der Waals surface area contributed by atoms with Crippen LogP contribution in [0.15, 0.2) is 47.1 Å². The number of carbonyl (C=O) groups is 2. The molecule has 1 N–H and O–H groups in total. The number of hydrogen-bond acceptors (Lipinski definition) is 5. The van der Waals surface area contributed by atoms with Crippen molar-refractivity contribution >= 4 is 17.4 Å². The number of alkyl halides is 3. The second-order valence-electron chi connectivity index (χ2n) is 6.54. The minimum absolute atomic E-state index is 0.00778. The van der Waals surface area contributed by atoms with Crippen LogP contribution in [0, 0.1) is 0 Å². The smallest absolute Gasteiger partial charge is 0.418 e. The summed E-state index contributed by atoms with van der Waals surface area (Å²) in [5.41, 5.74) is -1.12. The average molecular weight is 395 g/mol. The summed E-state index contributed by atoms with van der Waals surface area (Å²) in [5.74, 6) is -0.304. The molecule has 0 atom stereocenters. The summed E-state index contributed by atoms with van der Waals surface area (Å²) in [7, 11) is 0. The average Bonchev–Trinajstić information content (AvgIpc) is 3.18. The number of carbonyl (C=O) groups excluding carboxylic acids is 2. The van der Waals surface area contributed by atoms with Crippen LogP contribution in [-0.2, 0) is 11.0 Å². The van der Waals surface area contributed by atoms with Gasteiger partial charge in [-0.05, 0) is 24.3 Å². The highest BCUT2D eigenvalue weighted by Gasteiger charge is 2.33. The number of nitrogens with one attached hydrogen (secondary N) is 1. The Bertz CT molecular complexity index is 813. The van der Waals surface area contributed by atoms with Gasteiger partial charge in [0.25, 0.3) is 0 Å². The Balaban J connectivity index is 1.47. The Morgan fingerprint density at radius 1 is 0.964 bits per heavy atom. The van der Waals surface area contributed by atoms with Gasteiger partial charge in [0.15, 0.2) is 5.76 Å². The van der Waals surface area contributed by atoms with Crippen molar-refractivity contribution in [3.8, 4) is 0 Å². The van der Waals surface area contributed by atoms with Gasteiger partial charge in [0.2, 0.25) is 11.7 Å². The Morgan fingerprint density at radius 3 is 2.21 bits per heavy atom. The number of amides is 1. The Kier molecular flexibility index (Phi) is 6.15. The van der Waals surface area contributed by atoms with Gasteiger partial charge in [-0.2, -0.15) is 13.2 Å². The summed E-state index contributed by atoms with van der Waals surface area (Å²) in [6.45, 7) is 2.47. The van der Waals surface area contributed by atoms with Gasteiger partial charge < -0.3 is 9.73 Å². The van der Waals surface area contributed by atoms with Gasteiger partial charge in [0.05, 0.1) is 30.6 Å². The van der Waals surface area contributed by atoms with Gasteiger partial charge >= 0.3 is 6.18 Å². The lowest BCUT2D eigenvalue weighted by molar-refractivity contribution is -0.137. The predicted molar refractivity (Wildman–Crippen MR) is 96.0 cm³/mol. The zero-order valence-electron chi connectivity index (χ0n) is 15.0. The monoisotopic (exact) mass is 395 g/mol. The SMILES string of the molecule is O=C(CN1CCN(CC(=O)c2ccco2)CC1)Nc1ccccc1C(F)(F)F. The van der Waals surface area contributed by atoms with Crippen molar-refractivity contribution in [3.63, 3.8) is 0 Å². The third-order valence-corrected chi connectivity index (χ3v) is 4.50. The van der Waals surface area contributed by atoms with E-state index < -0.39 is 17.6 Å². The summed E-state index contributed by atoms with van der Waals surface area (Å²) < 4.78 is 44.1. The molecule has 150 valence electrons. The van der Waals surface area contributed by atoms with Gasteiger partial charge in [-0.1, -0.05) is 12.1 Å². The van der Waals surface area contributed by atoms with Crippen molar-refractivity contribution in [1.29, 1.82) is 0 Å². The van der Waals surface area contributed by atoms with Gasteiger partial charge in [-0.25, -0.2) is 0 Å². The van der Waals surface area contributed by atoms with Crippen LogP contribution in [0.5, 0.6) is 0 Å². The second-order valence-corrected chi connectivity index (χ2v) is 6.54. The maximum absolute atomic E-state index is 13.0. The first-order valence-electron chi connectivity index (χ1n) is 8.80. The molecule has 1 aromatic heterocycles. The molecule has 2 aromatic rings. The fourth-order valence-corrected chi connectivity index (χ4v) is 3.06. The Labute approximate surface area is 159 Å². The van der Waals surface area contributed by atoms with Crippen molar-refractivity contribution in [3.05, 3.63) is 54.0 Å². The molecule has 0 aliphatic carbocycles. The molecule has 1 aliphatic rings. The fourth-order valence-electron chi connectivity index (χ4n) is 3.06. The summed E-state index contributed by atoms with van der Waals surface area (Å²) in [6.07, 6.45) is -3.09. The summed E-state index contributed by atoms with van der Waals surface area (Å²) in [5, 5.41) is 2.35. The first kappa shape index (κ1) is 20.1. The highest BCUT2D eigenvalue weighted by Crippen LogP contribution is 2.34. The molecule has 0 saturated carbocycles. The molecular formula is C19H20F3N3O3. The van der Waals surface area contributed by atoms with Gasteiger partial charge in [0.1, 0.15) is 0 Å². The van der Waals surface area contributed by atoms with E-state index in [1.54, 1.807) is 12.1 Å². The molecule has 1 aromatic carbocycles. The first-order chi connectivity index (χ1) is 13.3. The number of anilines is 1. The van der Waals surface area contributed by atoms with E-state index in [0.717, 1.165) is 6.07 Å². The van der Waals surface area contributed by atoms with E-state index in [9.17, 15) is 22.8 Å². The normalized spacial score (nSPS) is 16.1. The number of para-hydroxylation sites is 1. The molecule has 3 rings (SSSR count). The molecule has 1 saturated heterocycles. The molecule has 6 nitrogen and oxygen atoms in total. The van der Waals surface area contributed by atoms with E-state index in [1.807, 2.05) is 9.80 Å². The highest BCUT2D eigenvalue weighted by atomic mass is 19.4. The van der Waals surface area contributed by atoms with Gasteiger partial charge in [-0.15, -0.1) is 0 Å².